The van der Waals surface area contributed by atoms with E-state index in [1.165, 1.54) is 0 Å². The van der Waals surface area contributed by atoms with E-state index in [0.717, 1.165) is 34.9 Å². The number of hydrogen-bond acceptors (Lipinski definition) is 4. The largest absolute Gasteiger partial charge is 0.416 e. The predicted octanol–water partition coefficient (Wildman–Crippen LogP) is 3.55. The van der Waals surface area contributed by atoms with Crippen molar-refractivity contribution < 1.29 is 22.8 Å². The molecule has 124 valence electrons. The molecule has 0 saturated carbocycles. The highest BCUT2D eigenvalue weighted by atomic mass is 35.5. The molecule has 1 saturated heterocycles. The molecular weight excluding hydrogens is 373 g/mol. The third-order valence-electron chi connectivity index (χ3n) is 2.98. The molecular formula is C13H10ClF3N2O2S2. The van der Waals surface area contributed by atoms with Crippen molar-refractivity contribution in [2.45, 2.75) is 18.3 Å². The Morgan fingerprint density at radius 2 is 2.13 bits per heavy atom. The number of benzene rings is 1. The highest BCUT2D eigenvalue weighted by Crippen LogP contribution is 2.34. The normalized spacial score (nSPS) is 18.5. The Hall–Kier alpha value is -1.32. The average Bonchev–Trinajstić information content (AvgIpc) is 2.66. The maximum atomic E-state index is 12.7. The number of nitrogens with zero attached hydrogens (tertiary/aromatic N) is 1. The SMILES string of the molecule is CC1SC(=S)N(CC(=O)Nc2cc(C(F)(F)F)ccc2Cl)C1=O. The Balaban J connectivity index is 2.12. The van der Waals surface area contributed by atoms with Crippen molar-refractivity contribution in [1.82, 2.24) is 4.90 Å². The minimum absolute atomic E-state index is 0.0376. The standard InChI is InChI=1S/C13H10ClF3N2O2S2/c1-6-11(21)19(12(22)23-6)5-10(20)18-9-4-7(13(15,16)17)2-3-8(9)14/h2-4,6H,5H2,1H3,(H,18,20). The number of carbonyl (C=O) groups excluding carboxylic acids is 2. The van der Waals surface area contributed by atoms with Gasteiger partial charge in [-0.15, -0.1) is 0 Å². The maximum absolute atomic E-state index is 12.7. The van der Waals surface area contributed by atoms with Crippen LogP contribution in [0.4, 0.5) is 18.9 Å². The van der Waals surface area contributed by atoms with Crippen molar-refractivity contribution >= 4 is 57.4 Å². The molecule has 23 heavy (non-hydrogen) atoms. The average molecular weight is 383 g/mol. The molecule has 1 heterocycles. The highest BCUT2D eigenvalue weighted by molar-refractivity contribution is 8.24. The summed E-state index contributed by atoms with van der Waals surface area (Å²) < 4.78 is 38.3. The monoisotopic (exact) mass is 382 g/mol. The number of nitrogens with one attached hydrogen (secondary N) is 1. The molecule has 1 N–H and O–H groups in total. The summed E-state index contributed by atoms with van der Waals surface area (Å²) in [5.41, 5.74) is -1.11. The number of anilines is 1. The number of rotatable bonds is 3. The van der Waals surface area contributed by atoms with E-state index in [9.17, 15) is 22.8 Å². The van der Waals surface area contributed by atoms with Crippen molar-refractivity contribution in [3.63, 3.8) is 0 Å². The van der Waals surface area contributed by atoms with Gasteiger partial charge in [0.1, 0.15) is 10.9 Å². The summed E-state index contributed by atoms with van der Waals surface area (Å²) in [6.45, 7) is 1.28. The maximum Gasteiger partial charge on any atom is 0.416 e. The third-order valence-corrected chi connectivity index (χ3v) is 4.80. The number of halogens is 4. The van der Waals surface area contributed by atoms with Crippen LogP contribution in [0.2, 0.25) is 5.02 Å². The van der Waals surface area contributed by atoms with Gasteiger partial charge in [-0.25, -0.2) is 0 Å². The van der Waals surface area contributed by atoms with Crippen LogP contribution in [0.1, 0.15) is 12.5 Å². The fourth-order valence-corrected chi connectivity index (χ4v) is 3.41. The zero-order chi connectivity index (χ0) is 17.4. The molecule has 1 fully saturated rings. The number of amides is 2. The van der Waals surface area contributed by atoms with Crippen LogP contribution in [0, 0.1) is 0 Å². The third kappa shape index (κ3) is 4.15. The van der Waals surface area contributed by atoms with Gasteiger partial charge in [-0.05, 0) is 25.1 Å². The summed E-state index contributed by atoms with van der Waals surface area (Å²) in [6.07, 6.45) is -4.55. The Bertz CT molecular complexity index is 682. The number of thiocarbonyl (C=S) groups is 1. The first-order valence-electron chi connectivity index (χ1n) is 6.28. The van der Waals surface area contributed by atoms with E-state index in [-0.39, 0.29) is 32.7 Å². The van der Waals surface area contributed by atoms with Crippen LogP contribution in [0.25, 0.3) is 0 Å². The van der Waals surface area contributed by atoms with E-state index in [2.05, 4.69) is 5.32 Å². The Kier molecular flexibility index (Phi) is 5.22. The molecule has 1 aliphatic rings. The first kappa shape index (κ1) is 18.0. The van der Waals surface area contributed by atoms with E-state index in [1.54, 1.807) is 6.92 Å². The lowest BCUT2D eigenvalue weighted by atomic mass is 10.2. The summed E-state index contributed by atoms with van der Waals surface area (Å²) in [7, 11) is 0. The predicted molar refractivity (Wildman–Crippen MR) is 86.4 cm³/mol. The second-order valence-electron chi connectivity index (χ2n) is 4.69. The molecule has 10 heteroatoms. The number of carbonyl (C=O) groups is 2. The lowest BCUT2D eigenvalue weighted by Crippen LogP contribution is -2.37. The van der Waals surface area contributed by atoms with Crippen molar-refractivity contribution in [3.05, 3.63) is 28.8 Å². The second kappa shape index (κ2) is 6.66. The van der Waals surface area contributed by atoms with E-state index >= 15 is 0 Å². The molecule has 0 radical (unpaired) electrons. The van der Waals surface area contributed by atoms with Crippen LogP contribution in [-0.4, -0.2) is 32.8 Å². The summed E-state index contributed by atoms with van der Waals surface area (Å²) >= 11 is 11.9. The molecule has 2 amide bonds. The fraction of sp³-hybridized carbons (Fsp3) is 0.308. The summed E-state index contributed by atoms with van der Waals surface area (Å²) in [4.78, 5) is 24.9. The topological polar surface area (TPSA) is 49.4 Å². The van der Waals surface area contributed by atoms with E-state index < -0.39 is 17.6 Å². The van der Waals surface area contributed by atoms with Gasteiger partial charge in [-0.2, -0.15) is 13.2 Å². The molecule has 0 aliphatic carbocycles. The van der Waals surface area contributed by atoms with Crippen molar-refractivity contribution in [2.24, 2.45) is 0 Å². The summed E-state index contributed by atoms with van der Waals surface area (Å²) in [5.74, 6) is -0.998. The van der Waals surface area contributed by atoms with Gasteiger partial charge < -0.3 is 5.32 Å². The number of alkyl halides is 3. The molecule has 1 aromatic rings. The van der Waals surface area contributed by atoms with Gasteiger partial charge in [0.05, 0.1) is 21.5 Å². The van der Waals surface area contributed by atoms with Crippen LogP contribution < -0.4 is 5.32 Å². The summed E-state index contributed by atoms with van der Waals surface area (Å²) in [6, 6.07) is 2.60. The molecule has 2 rings (SSSR count). The van der Waals surface area contributed by atoms with Gasteiger partial charge in [-0.1, -0.05) is 35.6 Å². The molecule has 1 aliphatic heterocycles. The lowest BCUT2D eigenvalue weighted by Gasteiger charge is -2.16. The zero-order valence-electron chi connectivity index (χ0n) is 11.6. The Labute approximate surface area is 144 Å². The van der Waals surface area contributed by atoms with Crippen LogP contribution >= 0.6 is 35.6 Å². The van der Waals surface area contributed by atoms with Crippen LogP contribution in [0.5, 0.6) is 0 Å². The Morgan fingerprint density at radius 3 is 2.65 bits per heavy atom. The quantitative estimate of drug-likeness (QED) is 0.812. The molecule has 0 aromatic heterocycles. The minimum Gasteiger partial charge on any atom is -0.323 e. The molecule has 4 nitrogen and oxygen atoms in total. The molecule has 1 aromatic carbocycles. The lowest BCUT2D eigenvalue weighted by molar-refractivity contribution is -0.137. The highest BCUT2D eigenvalue weighted by Gasteiger charge is 2.35. The second-order valence-corrected chi connectivity index (χ2v) is 7.07. The number of thioether (sulfide) groups is 1. The van der Waals surface area contributed by atoms with Gasteiger partial charge in [0.25, 0.3) is 0 Å². The van der Waals surface area contributed by atoms with Crippen molar-refractivity contribution in [2.75, 3.05) is 11.9 Å². The van der Waals surface area contributed by atoms with E-state index in [4.69, 9.17) is 23.8 Å². The molecule has 1 unspecified atom stereocenters. The minimum atomic E-state index is -4.55. The number of hydrogen-bond donors (Lipinski definition) is 1. The van der Waals surface area contributed by atoms with E-state index in [1.807, 2.05) is 0 Å². The Morgan fingerprint density at radius 1 is 1.48 bits per heavy atom. The molecule has 1 atom stereocenters. The van der Waals surface area contributed by atoms with Crippen LogP contribution in [0.15, 0.2) is 18.2 Å². The zero-order valence-corrected chi connectivity index (χ0v) is 14.0. The van der Waals surface area contributed by atoms with Gasteiger partial charge in [-0.3, -0.25) is 14.5 Å². The van der Waals surface area contributed by atoms with Gasteiger partial charge in [0, 0.05) is 0 Å². The van der Waals surface area contributed by atoms with Crippen molar-refractivity contribution in [1.29, 1.82) is 0 Å². The van der Waals surface area contributed by atoms with Crippen LogP contribution in [0.3, 0.4) is 0 Å². The molecule has 0 bridgehead atoms. The van der Waals surface area contributed by atoms with Crippen molar-refractivity contribution in [3.8, 4) is 0 Å². The van der Waals surface area contributed by atoms with E-state index in [0.29, 0.717) is 0 Å². The smallest absolute Gasteiger partial charge is 0.323 e. The fourth-order valence-electron chi connectivity index (χ4n) is 1.85. The molecule has 0 spiro atoms. The summed E-state index contributed by atoms with van der Waals surface area (Å²) in [5, 5.41) is 1.85. The van der Waals surface area contributed by atoms with Crippen LogP contribution in [-0.2, 0) is 15.8 Å². The first-order valence-corrected chi connectivity index (χ1v) is 7.95. The first-order chi connectivity index (χ1) is 10.6. The van der Waals surface area contributed by atoms with Gasteiger partial charge in [0.15, 0.2) is 0 Å². The van der Waals surface area contributed by atoms with Gasteiger partial charge >= 0.3 is 6.18 Å². The van der Waals surface area contributed by atoms with Gasteiger partial charge in [0.2, 0.25) is 11.8 Å².